The molecule has 0 bridgehead atoms. The van der Waals surface area contributed by atoms with Gasteiger partial charge in [0.15, 0.2) is 0 Å². The second kappa shape index (κ2) is 6.76. The van der Waals surface area contributed by atoms with Gasteiger partial charge >= 0.3 is 0 Å². The predicted octanol–water partition coefficient (Wildman–Crippen LogP) is 2.98. The highest BCUT2D eigenvalue weighted by atomic mass is 19.1. The van der Waals surface area contributed by atoms with Crippen molar-refractivity contribution in [3.8, 4) is 0 Å². The second-order valence-electron chi connectivity index (χ2n) is 7.25. The number of hydrogen-bond donors (Lipinski definition) is 1. The van der Waals surface area contributed by atoms with E-state index in [9.17, 15) is 4.39 Å². The molecular formula is C20H24FN5. The summed E-state index contributed by atoms with van der Waals surface area (Å²) < 4.78 is 14.5. The van der Waals surface area contributed by atoms with E-state index in [0.29, 0.717) is 29.1 Å². The average molecular weight is 353 g/mol. The summed E-state index contributed by atoms with van der Waals surface area (Å²) in [6, 6.07) is 5.80. The van der Waals surface area contributed by atoms with Crippen LogP contribution in [0.25, 0.3) is 0 Å². The van der Waals surface area contributed by atoms with Crippen LogP contribution in [-0.2, 0) is 6.54 Å². The van der Waals surface area contributed by atoms with E-state index >= 15 is 0 Å². The van der Waals surface area contributed by atoms with E-state index in [1.165, 1.54) is 12.8 Å². The SMILES string of the molecule is Cc1cccc(C2=NCc3nc(N(C)[C@H]4CCCC[C@@H]4N)cnc32)c1F. The molecule has 2 heterocycles. The Morgan fingerprint density at radius 2 is 2.04 bits per heavy atom. The zero-order valence-corrected chi connectivity index (χ0v) is 15.2. The third-order valence-corrected chi connectivity index (χ3v) is 5.53. The lowest BCUT2D eigenvalue weighted by atomic mass is 9.90. The van der Waals surface area contributed by atoms with E-state index in [1.54, 1.807) is 25.3 Å². The Balaban J connectivity index is 1.63. The standard InChI is InChI=1S/C20H24FN5/c1-12-6-5-7-13(18(12)21)19-20-15(10-23-19)25-17(11-24-20)26(2)16-9-4-3-8-14(16)22/h5-7,11,14,16H,3-4,8-10,22H2,1-2H3/t14-,16-/m0/s1. The van der Waals surface area contributed by atoms with Crippen molar-refractivity contribution in [3.63, 3.8) is 0 Å². The highest BCUT2D eigenvalue weighted by Gasteiger charge is 2.28. The van der Waals surface area contributed by atoms with Gasteiger partial charge < -0.3 is 10.6 Å². The van der Waals surface area contributed by atoms with Gasteiger partial charge in [-0.05, 0) is 31.4 Å². The van der Waals surface area contributed by atoms with E-state index in [0.717, 1.165) is 24.4 Å². The fourth-order valence-corrected chi connectivity index (χ4v) is 3.96. The number of halogens is 1. The van der Waals surface area contributed by atoms with Crippen molar-refractivity contribution in [3.05, 3.63) is 52.7 Å². The molecule has 2 aromatic rings. The Morgan fingerprint density at radius 1 is 1.23 bits per heavy atom. The van der Waals surface area contributed by atoms with Gasteiger partial charge in [-0.25, -0.2) is 14.4 Å². The van der Waals surface area contributed by atoms with Crippen LogP contribution in [0.3, 0.4) is 0 Å². The van der Waals surface area contributed by atoms with E-state index < -0.39 is 0 Å². The maximum absolute atomic E-state index is 14.5. The molecule has 2 N–H and O–H groups in total. The average Bonchev–Trinajstić information content (AvgIpc) is 3.07. The molecule has 5 nitrogen and oxygen atoms in total. The topological polar surface area (TPSA) is 67.4 Å². The van der Waals surface area contributed by atoms with Crippen molar-refractivity contribution in [2.24, 2.45) is 10.7 Å². The van der Waals surface area contributed by atoms with Crippen molar-refractivity contribution in [1.82, 2.24) is 9.97 Å². The van der Waals surface area contributed by atoms with Crippen molar-refractivity contribution in [2.45, 2.75) is 51.2 Å². The normalized spacial score (nSPS) is 22.1. The molecule has 26 heavy (non-hydrogen) atoms. The molecule has 1 aliphatic carbocycles. The van der Waals surface area contributed by atoms with Gasteiger partial charge in [0.05, 0.1) is 24.1 Å². The van der Waals surface area contributed by atoms with Crippen LogP contribution in [0.1, 0.15) is 48.2 Å². The largest absolute Gasteiger partial charge is 0.354 e. The summed E-state index contributed by atoms with van der Waals surface area (Å²) in [6.45, 7) is 2.19. The highest BCUT2D eigenvalue weighted by molar-refractivity contribution is 6.13. The molecule has 1 saturated carbocycles. The summed E-state index contributed by atoms with van der Waals surface area (Å²) in [5.74, 6) is 0.572. The molecule has 1 aromatic carbocycles. The minimum Gasteiger partial charge on any atom is -0.354 e. The summed E-state index contributed by atoms with van der Waals surface area (Å²) in [7, 11) is 2.03. The molecular weight excluding hydrogens is 329 g/mol. The first-order valence-electron chi connectivity index (χ1n) is 9.21. The molecule has 0 radical (unpaired) electrons. The zero-order valence-electron chi connectivity index (χ0n) is 15.2. The number of rotatable bonds is 3. The molecule has 1 fully saturated rings. The van der Waals surface area contributed by atoms with E-state index in [-0.39, 0.29) is 17.9 Å². The van der Waals surface area contributed by atoms with Gasteiger partial charge in [-0.1, -0.05) is 25.0 Å². The van der Waals surface area contributed by atoms with Crippen molar-refractivity contribution in [1.29, 1.82) is 0 Å². The minimum atomic E-state index is -0.240. The molecule has 136 valence electrons. The van der Waals surface area contributed by atoms with Crippen LogP contribution >= 0.6 is 0 Å². The van der Waals surface area contributed by atoms with Crippen LogP contribution in [0.4, 0.5) is 10.2 Å². The number of aliphatic imine (C=N–C) groups is 1. The molecule has 0 unspecified atom stereocenters. The number of benzene rings is 1. The Bertz CT molecular complexity index is 863. The maximum Gasteiger partial charge on any atom is 0.147 e. The maximum atomic E-state index is 14.5. The number of hydrogen-bond acceptors (Lipinski definition) is 5. The van der Waals surface area contributed by atoms with E-state index in [4.69, 9.17) is 10.7 Å². The van der Waals surface area contributed by atoms with E-state index in [1.807, 2.05) is 13.1 Å². The first kappa shape index (κ1) is 17.1. The number of fused-ring (bicyclic) bond motifs is 1. The lowest BCUT2D eigenvalue weighted by Gasteiger charge is -2.36. The van der Waals surface area contributed by atoms with Gasteiger partial charge in [0.2, 0.25) is 0 Å². The smallest absolute Gasteiger partial charge is 0.147 e. The molecule has 0 amide bonds. The summed E-state index contributed by atoms with van der Waals surface area (Å²) >= 11 is 0. The molecule has 2 atom stereocenters. The van der Waals surface area contributed by atoms with Gasteiger partial charge in [0, 0.05) is 24.7 Å². The minimum absolute atomic E-state index is 0.164. The van der Waals surface area contributed by atoms with Crippen LogP contribution in [0.2, 0.25) is 0 Å². The van der Waals surface area contributed by atoms with Gasteiger partial charge in [0.1, 0.15) is 17.3 Å². The van der Waals surface area contributed by atoms with Crippen molar-refractivity contribution >= 4 is 11.5 Å². The second-order valence-corrected chi connectivity index (χ2v) is 7.25. The summed E-state index contributed by atoms with van der Waals surface area (Å²) in [4.78, 5) is 16.0. The number of likely N-dealkylation sites (N-methyl/N-ethyl adjacent to an activating group) is 1. The summed E-state index contributed by atoms with van der Waals surface area (Å²) in [5.41, 5.74) is 9.48. The van der Waals surface area contributed by atoms with Gasteiger partial charge in [-0.2, -0.15) is 0 Å². The Kier molecular flexibility index (Phi) is 4.44. The summed E-state index contributed by atoms with van der Waals surface area (Å²) in [5, 5.41) is 0. The number of anilines is 1. The van der Waals surface area contributed by atoms with Gasteiger partial charge in [-0.3, -0.25) is 4.99 Å². The zero-order chi connectivity index (χ0) is 18.3. The Hall–Kier alpha value is -2.34. The third kappa shape index (κ3) is 2.88. The molecule has 0 saturated heterocycles. The quantitative estimate of drug-likeness (QED) is 0.921. The number of nitrogens with zero attached hydrogens (tertiary/aromatic N) is 4. The molecule has 1 aliphatic heterocycles. The Labute approximate surface area is 153 Å². The molecule has 2 aliphatic rings. The summed E-state index contributed by atoms with van der Waals surface area (Å²) in [6.07, 6.45) is 6.27. The van der Waals surface area contributed by atoms with E-state index in [2.05, 4.69) is 14.9 Å². The number of aryl methyl sites for hydroxylation is 1. The monoisotopic (exact) mass is 353 g/mol. The van der Waals surface area contributed by atoms with Crippen LogP contribution in [-0.4, -0.2) is 34.8 Å². The van der Waals surface area contributed by atoms with Crippen LogP contribution in [0, 0.1) is 12.7 Å². The van der Waals surface area contributed by atoms with Crippen LogP contribution in [0.15, 0.2) is 29.4 Å². The lowest BCUT2D eigenvalue weighted by molar-refractivity contribution is 0.372. The highest BCUT2D eigenvalue weighted by Crippen LogP contribution is 2.27. The van der Waals surface area contributed by atoms with Crippen molar-refractivity contribution in [2.75, 3.05) is 11.9 Å². The molecule has 4 rings (SSSR count). The fraction of sp³-hybridized carbons (Fsp3) is 0.450. The lowest BCUT2D eigenvalue weighted by Crippen LogP contribution is -2.48. The molecule has 1 aromatic heterocycles. The van der Waals surface area contributed by atoms with Gasteiger partial charge in [-0.15, -0.1) is 0 Å². The fourth-order valence-electron chi connectivity index (χ4n) is 3.96. The molecule has 0 spiro atoms. The number of nitrogens with two attached hydrogens (primary N) is 1. The van der Waals surface area contributed by atoms with Crippen LogP contribution in [0.5, 0.6) is 0 Å². The third-order valence-electron chi connectivity index (χ3n) is 5.53. The first-order chi connectivity index (χ1) is 12.6. The Morgan fingerprint density at radius 3 is 2.85 bits per heavy atom. The van der Waals surface area contributed by atoms with Crippen molar-refractivity contribution < 1.29 is 4.39 Å². The predicted molar refractivity (Wildman–Crippen MR) is 101 cm³/mol. The molecule has 6 heteroatoms. The van der Waals surface area contributed by atoms with Gasteiger partial charge in [0.25, 0.3) is 0 Å². The van der Waals surface area contributed by atoms with Crippen LogP contribution < -0.4 is 10.6 Å². The number of aromatic nitrogens is 2. The first-order valence-corrected chi connectivity index (χ1v) is 9.21.